The summed E-state index contributed by atoms with van der Waals surface area (Å²) in [5, 5.41) is 0.889. The normalized spacial score (nSPS) is 12.3. The minimum Gasteiger partial charge on any atom is -0.495 e. The minimum atomic E-state index is -0.337. The maximum atomic E-state index is 6.49. The van der Waals surface area contributed by atoms with Crippen molar-refractivity contribution >= 4 is 34.8 Å². The van der Waals surface area contributed by atoms with Gasteiger partial charge in [-0.2, -0.15) is 0 Å². The Kier molecular flexibility index (Phi) is 4.62. The largest absolute Gasteiger partial charge is 0.495 e. The van der Waals surface area contributed by atoms with E-state index in [2.05, 4.69) is 0 Å². The average molecular weight is 316 g/mol. The van der Waals surface area contributed by atoms with Crippen LogP contribution in [0.5, 0.6) is 5.75 Å². The number of methoxy groups -OCH3 is 1. The summed E-state index contributed by atoms with van der Waals surface area (Å²) in [6.45, 7) is 1.95. The van der Waals surface area contributed by atoms with Gasteiger partial charge in [-0.3, -0.25) is 0 Å². The zero-order valence-corrected chi connectivity index (χ0v) is 12.9. The van der Waals surface area contributed by atoms with Crippen LogP contribution < -0.4 is 4.74 Å². The summed E-state index contributed by atoms with van der Waals surface area (Å²) in [6.07, 6.45) is 0. The lowest BCUT2D eigenvalue weighted by molar-refractivity contribution is 0.415. The summed E-state index contributed by atoms with van der Waals surface area (Å²) in [4.78, 5) is 0. The number of benzene rings is 2. The highest BCUT2D eigenvalue weighted by Crippen LogP contribution is 2.37. The predicted octanol–water partition coefficient (Wildman–Crippen LogP) is 5.64. The van der Waals surface area contributed by atoms with E-state index in [9.17, 15) is 0 Å². The highest BCUT2D eigenvalue weighted by Gasteiger charge is 2.16. The van der Waals surface area contributed by atoms with Gasteiger partial charge in [0.2, 0.25) is 0 Å². The molecule has 1 unspecified atom stereocenters. The molecule has 0 saturated carbocycles. The van der Waals surface area contributed by atoms with Crippen molar-refractivity contribution in [2.24, 2.45) is 0 Å². The second kappa shape index (κ2) is 6.04. The number of hydrogen-bond acceptors (Lipinski definition) is 1. The van der Waals surface area contributed by atoms with E-state index in [0.29, 0.717) is 15.8 Å². The van der Waals surface area contributed by atoms with Gasteiger partial charge in [0.15, 0.2) is 0 Å². The number of hydrogen-bond donors (Lipinski definition) is 0. The van der Waals surface area contributed by atoms with Gasteiger partial charge in [-0.25, -0.2) is 0 Å². The molecule has 0 aliphatic heterocycles. The van der Waals surface area contributed by atoms with Gasteiger partial charge in [0.1, 0.15) is 5.75 Å². The Balaban J connectivity index is 2.41. The van der Waals surface area contributed by atoms with Crippen LogP contribution in [0, 0.1) is 6.92 Å². The molecule has 2 aromatic carbocycles. The zero-order chi connectivity index (χ0) is 14.0. The molecule has 0 N–H and O–H groups in total. The van der Waals surface area contributed by atoms with E-state index in [4.69, 9.17) is 39.5 Å². The molecule has 0 bridgehead atoms. The van der Waals surface area contributed by atoms with E-state index in [0.717, 1.165) is 16.7 Å². The van der Waals surface area contributed by atoms with Crippen LogP contribution in [0.1, 0.15) is 22.1 Å². The molecular weight excluding hydrogens is 303 g/mol. The van der Waals surface area contributed by atoms with Crippen LogP contribution >= 0.6 is 34.8 Å². The molecule has 0 fully saturated rings. The molecule has 0 spiro atoms. The van der Waals surface area contributed by atoms with E-state index in [1.54, 1.807) is 19.2 Å². The maximum absolute atomic E-state index is 6.49. The Labute approximate surface area is 128 Å². The highest BCUT2D eigenvalue weighted by atomic mass is 35.5. The van der Waals surface area contributed by atoms with Crippen LogP contribution in [0.3, 0.4) is 0 Å². The molecule has 0 aliphatic carbocycles. The Morgan fingerprint density at radius 3 is 2.47 bits per heavy atom. The summed E-state index contributed by atoms with van der Waals surface area (Å²) in [5.41, 5.74) is 2.77. The van der Waals surface area contributed by atoms with E-state index in [1.165, 1.54) is 0 Å². The van der Waals surface area contributed by atoms with Gasteiger partial charge < -0.3 is 4.74 Å². The van der Waals surface area contributed by atoms with E-state index >= 15 is 0 Å². The van der Waals surface area contributed by atoms with Crippen LogP contribution in [-0.4, -0.2) is 7.11 Å². The zero-order valence-electron chi connectivity index (χ0n) is 10.6. The Morgan fingerprint density at radius 2 is 1.84 bits per heavy atom. The molecule has 4 heteroatoms. The summed E-state index contributed by atoms with van der Waals surface area (Å²) in [5.74, 6) is 0.629. The lowest BCUT2D eigenvalue weighted by Crippen LogP contribution is -1.96. The topological polar surface area (TPSA) is 9.23 Å². The Morgan fingerprint density at radius 1 is 1.11 bits per heavy atom. The molecule has 1 nitrogen and oxygen atoms in total. The standard InChI is InChI=1S/C15H13Cl3O/c1-9-4-3-5-11(14(9)17)15(18)10-6-7-13(19-2)12(16)8-10/h3-8,15H,1-2H3. The van der Waals surface area contributed by atoms with Gasteiger partial charge in [0.25, 0.3) is 0 Å². The number of aryl methyl sites for hydroxylation is 1. The van der Waals surface area contributed by atoms with Gasteiger partial charge in [0, 0.05) is 5.02 Å². The second-order valence-corrected chi connectivity index (χ2v) is 5.46. The van der Waals surface area contributed by atoms with Crippen LogP contribution in [0.15, 0.2) is 36.4 Å². The summed E-state index contributed by atoms with van der Waals surface area (Å²) >= 11 is 18.9. The Hall–Kier alpha value is -0.890. The first-order chi connectivity index (χ1) is 9.04. The van der Waals surface area contributed by atoms with Crippen LogP contribution in [0.4, 0.5) is 0 Å². The van der Waals surface area contributed by atoms with Crippen molar-refractivity contribution in [3.05, 3.63) is 63.1 Å². The van der Waals surface area contributed by atoms with Crippen molar-refractivity contribution in [2.75, 3.05) is 7.11 Å². The minimum absolute atomic E-state index is 0.337. The third-order valence-corrected chi connectivity index (χ3v) is 4.26. The van der Waals surface area contributed by atoms with E-state index < -0.39 is 0 Å². The first kappa shape index (κ1) is 14.5. The lowest BCUT2D eigenvalue weighted by atomic mass is 10.0. The van der Waals surface area contributed by atoms with Gasteiger partial charge in [-0.05, 0) is 35.7 Å². The van der Waals surface area contributed by atoms with Gasteiger partial charge in [-0.15, -0.1) is 11.6 Å². The smallest absolute Gasteiger partial charge is 0.137 e. The molecule has 0 saturated heterocycles. The fourth-order valence-corrected chi connectivity index (χ4v) is 2.76. The van der Waals surface area contributed by atoms with Crippen molar-refractivity contribution in [1.82, 2.24) is 0 Å². The average Bonchev–Trinajstić information content (AvgIpc) is 2.41. The molecule has 1 atom stereocenters. The van der Waals surface area contributed by atoms with Gasteiger partial charge >= 0.3 is 0 Å². The van der Waals surface area contributed by atoms with Crippen LogP contribution in [-0.2, 0) is 0 Å². The fourth-order valence-electron chi connectivity index (χ4n) is 1.89. The first-order valence-electron chi connectivity index (χ1n) is 5.77. The number of ether oxygens (including phenoxy) is 1. The monoisotopic (exact) mass is 314 g/mol. The quantitative estimate of drug-likeness (QED) is 0.666. The molecule has 2 aromatic rings. The maximum Gasteiger partial charge on any atom is 0.137 e. The van der Waals surface area contributed by atoms with Crippen molar-refractivity contribution in [2.45, 2.75) is 12.3 Å². The van der Waals surface area contributed by atoms with Crippen LogP contribution in [0.25, 0.3) is 0 Å². The molecule has 19 heavy (non-hydrogen) atoms. The van der Waals surface area contributed by atoms with Crippen molar-refractivity contribution in [1.29, 1.82) is 0 Å². The van der Waals surface area contributed by atoms with E-state index in [1.807, 2.05) is 31.2 Å². The molecule has 0 radical (unpaired) electrons. The van der Waals surface area contributed by atoms with Crippen LogP contribution in [0.2, 0.25) is 10.0 Å². The molecule has 2 rings (SSSR count). The summed E-state index contributed by atoms with van der Waals surface area (Å²) < 4.78 is 5.13. The highest BCUT2D eigenvalue weighted by molar-refractivity contribution is 6.34. The van der Waals surface area contributed by atoms with Gasteiger partial charge in [0.05, 0.1) is 17.5 Å². The van der Waals surface area contributed by atoms with Crippen molar-refractivity contribution in [3.63, 3.8) is 0 Å². The molecule has 0 heterocycles. The third kappa shape index (κ3) is 3.00. The van der Waals surface area contributed by atoms with Crippen molar-refractivity contribution in [3.8, 4) is 5.75 Å². The van der Waals surface area contributed by atoms with Gasteiger partial charge in [-0.1, -0.05) is 47.5 Å². The third-order valence-electron chi connectivity index (χ3n) is 2.96. The summed E-state index contributed by atoms with van der Waals surface area (Å²) in [7, 11) is 1.58. The van der Waals surface area contributed by atoms with E-state index in [-0.39, 0.29) is 5.38 Å². The lowest BCUT2D eigenvalue weighted by Gasteiger charge is -2.14. The Bertz CT molecular complexity index is 596. The van der Waals surface area contributed by atoms with Crippen molar-refractivity contribution < 1.29 is 4.74 Å². The first-order valence-corrected chi connectivity index (χ1v) is 6.96. The molecule has 0 amide bonds. The molecule has 0 aromatic heterocycles. The summed E-state index contributed by atoms with van der Waals surface area (Å²) in [6, 6.07) is 11.3. The molecular formula is C15H13Cl3O. The predicted molar refractivity (Wildman–Crippen MR) is 81.9 cm³/mol. The molecule has 100 valence electrons. The fraction of sp³-hybridized carbons (Fsp3) is 0.200. The number of halogens is 3. The number of rotatable bonds is 3. The SMILES string of the molecule is COc1ccc(C(Cl)c2cccc(C)c2Cl)cc1Cl. The number of alkyl halides is 1. The second-order valence-electron chi connectivity index (χ2n) is 4.23. The molecule has 0 aliphatic rings.